The van der Waals surface area contributed by atoms with Crippen LogP contribution in [-0.2, 0) is 6.54 Å². The molecule has 6 nitrogen and oxygen atoms in total. The van der Waals surface area contributed by atoms with Gasteiger partial charge in [-0.05, 0) is 48.9 Å². The Morgan fingerprint density at radius 2 is 1.87 bits per heavy atom. The van der Waals surface area contributed by atoms with Gasteiger partial charge in [0, 0.05) is 24.0 Å². The number of benzene rings is 1. The Kier molecular flexibility index (Phi) is 4.34. The van der Waals surface area contributed by atoms with Crippen molar-refractivity contribution in [1.82, 2.24) is 25.3 Å². The maximum absolute atomic E-state index is 12.3. The SMILES string of the molecule is Cc1c(C(=O)NCc2ccncc2)nnn1-c1ccc(Cl)cc1. The summed E-state index contributed by atoms with van der Waals surface area (Å²) >= 11 is 5.88. The van der Waals surface area contributed by atoms with Gasteiger partial charge in [-0.3, -0.25) is 9.78 Å². The first-order valence-corrected chi connectivity index (χ1v) is 7.38. The van der Waals surface area contributed by atoms with Crippen molar-refractivity contribution < 1.29 is 4.79 Å². The molecule has 0 aliphatic heterocycles. The Hall–Kier alpha value is -2.73. The second kappa shape index (κ2) is 6.58. The molecule has 1 aromatic carbocycles. The van der Waals surface area contributed by atoms with Gasteiger partial charge in [0.2, 0.25) is 0 Å². The van der Waals surface area contributed by atoms with Gasteiger partial charge in [0.1, 0.15) is 0 Å². The van der Waals surface area contributed by atoms with Crippen molar-refractivity contribution in [1.29, 1.82) is 0 Å². The maximum atomic E-state index is 12.3. The normalized spacial score (nSPS) is 10.5. The minimum atomic E-state index is -0.264. The maximum Gasteiger partial charge on any atom is 0.274 e. The van der Waals surface area contributed by atoms with Gasteiger partial charge in [-0.1, -0.05) is 16.8 Å². The molecule has 0 spiro atoms. The van der Waals surface area contributed by atoms with Crippen molar-refractivity contribution in [2.24, 2.45) is 0 Å². The molecule has 0 aliphatic rings. The summed E-state index contributed by atoms with van der Waals surface area (Å²) in [5, 5.41) is 11.5. The quantitative estimate of drug-likeness (QED) is 0.799. The van der Waals surface area contributed by atoms with E-state index >= 15 is 0 Å². The summed E-state index contributed by atoms with van der Waals surface area (Å²) in [6, 6.07) is 10.9. The third-order valence-electron chi connectivity index (χ3n) is 3.38. The Bertz CT molecular complexity index is 814. The zero-order chi connectivity index (χ0) is 16.2. The van der Waals surface area contributed by atoms with Crippen LogP contribution in [0.4, 0.5) is 0 Å². The number of aromatic nitrogens is 4. The van der Waals surface area contributed by atoms with Crippen LogP contribution >= 0.6 is 11.6 Å². The van der Waals surface area contributed by atoms with Crippen molar-refractivity contribution in [3.63, 3.8) is 0 Å². The Labute approximate surface area is 138 Å². The number of rotatable bonds is 4. The third kappa shape index (κ3) is 3.37. The van der Waals surface area contributed by atoms with Crippen LogP contribution in [0.25, 0.3) is 5.69 Å². The van der Waals surface area contributed by atoms with Crippen LogP contribution in [0.2, 0.25) is 5.02 Å². The third-order valence-corrected chi connectivity index (χ3v) is 3.64. The highest BCUT2D eigenvalue weighted by Gasteiger charge is 2.17. The van der Waals surface area contributed by atoms with Crippen molar-refractivity contribution >= 4 is 17.5 Å². The smallest absolute Gasteiger partial charge is 0.274 e. The Morgan fingerprint density at radius 1 is 1.17 bits per heavy atom. The molecule has 0 unspecified atom stereocenters. The molecule has 0 radical (unpaired) electrons. The molecule has 2 aromatic heterocycles. The summed E-state index contributed by atoms with van der Waals surface area (Å²) < 4.78 is 1.61. The zero-order valence-corrected chi connectivity index (χ0v) is 13.2. The van der Waals surface area contributed by atoms with Gasteiger partial charge < -0.3 is 5.32 Å². The van der Waals surface area contributed by atoms with E-state index in [0.29, 0.717) is 23.0 Å². The van der Waals surface area contributed by atoms with Gasteiger partial charge in [-0.2, -0.15) is 0 Å². The lowest BCUT2D eigenvalue weighted by molar-refractivity contribution is 0.0945. The van der Waals surface area contributed by atoms with E-state index in [4.69, 9.17) is 11.6 Å². The number of carbonyl (C=O) groups is 1. The monoisotopic (exact) mass is 327 g/mol. The van der Waals surface area contributed by atoms with E-state index in [9.17, 15) is 4.79 Å². The van der Waals surface area contributed by atoms with Crippen LogP contribution in [0.1, 0.15) is 21.7 Å². The van der Waals surface area contributed by atoms with Crippen molar-refractivity contribution in [2.45, 2.75) is 13.5 Å². The number of halogens is 1. The molecular formula is C16H14ClN5O. The van der Waals surface area contributed by atoms with E-state index in [-0.39, 0.29) is 5.91 Å². The summed E-state index contributed by atoms with van der Waals surface area (Å²) in [7, 11) is 0. The summed E-state index contributed by atoms with van der Waals surface area (Å²) in [5.41, 5.74) is 2.73. The fourth-order valence-corrected chi connectivity index (χ4v) is 2.26. The molecule has 0 saturated carbocycles. The number of hydrogen-bond acceptors (Lipinski definition) is 4. The Morgan fingerprint density at radius 3 is 2.57 bits per heavy atom. The predicted octanol–water partition coefficient (Wildman–Crippen LogP) is 2.55. The molecule has 1 amide bonds. The predicted molar refractivity (Wildman–Crippen MR) is 86.5 cm³/mol. The fourth-order valence-electron chi connectivity index (χ4n) is 2.13. The summed E-state index contributed by atoms with van der Waals surface area (Å²) in [4.78, 5) is 16.2. The molecule has 0 fully saturated rings. The second-order valence-electron chi connectivity index (χ2n) is 4.95. The van der Waals surface area contributed by atoms with E-state index in [1.54, 1.807) is 36.1 Å². The lowest BCUT2D eigenvalue weighted by Gasteiger charge is -2.05. The van der Waals surface area contributed by atoms with Crippen molar-refractivity contribution in [2.75, 3.05) is 0 Å². The molecule has 2 heterocycles. The van der Waals surface area contributed by atoms with Gasteiger partial charge >= 0.3 is 0 Å². The Balaban J connectivity index is 1.76. The molecule has 3 rings (SSSR count). The highest BCUT2D eigenvalue weighted by Crippen LogP contribution is 2.15. The highest BCUT2D eigenvalue weighted by atomic mass is 35.5. The minimum Gasteiger partial charge on any atom is -0.347 e. The van der Waals surface area contributed by atoms with Gasteiger partial charge in [0.25, 0.3) is 5.91 Å². The average Bonchev–Trinajstić information content (AvgIpc) is 2.96. The highest BCUT2D eigenvalue weighted by molar-refractivity contribution is 6.30. The average molecular weight is 328 g/mol. The second-order valence-corrected chi connectivity index (χ2v) is 5.39. The molecule has 0 atom stereocenters. The van der Waals surface area contributed by atoms with Crippen LogP contribution in [-0.4, -0.2) is 25.9 Å². The van der Waals surface area contributed by atoms with E-state index in [2.05, 4.69) is 20.6 Å². The van der Waals surface area contributed by atoms with Gasteiger partial charge in [-0.15, -0.1) is 5.10 Å². The van der Waals surface area contributed by atoms with E-state index in [0.717, 1.165) is 11.3 Å². The first-order chi connectivity index (χ1) is 11.1. The fraction of sp³-hybridized carbons (Fsp3) is 0.125. The topological polar surface area (TPSA) is 72.7 Å². The molecule has 116 valence electrons. The molecular weight excluding hydrogens is 314 g/mol. The first kappa shape index (κ1) is 15.2. The van der Waals surface area contributed by atoms with Crippen LogP contribution in [0, 0.1) is 6.92 Å². The largest absolute Gasteiger partial charge is 0.347 e. The molecule has 7 heteroatoms. The van der Waals surface area contributed by atoms with Crippen molar-refractivity contribution in [3.8, 4) is 5.69 Å². The number of nitrogens with one attached hydrogen (secondary N) is 1. The standard InChI is InChI=1S/C16H14ClN5O/c1-11-15(16(23)19-10-12-6-8-18-9-7-12)20-21-22(11)14-4-2-13(17)3-5-14/h2-9H,10H2,1H3,(H,19,23). The number of pyridine rings is 1. The summed E-state index contributed by atoms with van der Waals surface area (Å²) in [6.07, 6.45) is 3.37. The van der Waals surface area contributed by atoms with Crippen LogP contribution < -0.4 is 5.32 Å². The summed E-state index contributed by atoms with van der Waals surface area (Å²) in [5.74, 6) is -0.264. The van der Waals surface area contributed by atoms with Crippen LogP contribution in [0.5, 0.6) is 0 Å². The lowest BCUT2D eigenvalue weighted by Crippen LogP contribution is -2.24. The number of amides is 1. The van der Waals surface area contributed by atoms with Gasteiger partial charge in [0.05, 0.1) is 11.4 Å². The van der Waals surface area contributed by atoms with Crippen LogP contribution in [0.15, 0.2) is 48.8 Å². The first-order valence-electron chi connectivity index (χ1n) is 7.00. The summed E-state index contributed by atoms with van der Waals surface area (Å²) in [6.45, 7) is 2.21. The van der Waals surface area contributed by atoms with Gasteiger partial charge in [-0.25, -0.2) is 4.68 Å². The van der Waals surface area contributed by atoms with Crippen LogP contribution in [0.3, 0.4) is 0 Å². The van der Waals surface area contributed by atoms with Crippen molar-refractivity contribution in [3.05, 3.63) is 70.8 Å². The molecule has 23 heavy (non-hydrogen) atoms. The zero-order valence-electron chi connectivity index (χ0n) is 12.4. The molecule has 0 bridgehead atoms. The number of carbonyl (C=O) groups excluding carboxylic acids is 1. The molecule has 1 N–H and O–H groups in total. The lowest BCUT2D eigenvalue weighted by atomic mass is 10.2. The molecule has 3 aromatic rings. The van der Waals surface area contributed by atoms with E-state index < -0.39 is 0 Å². The van der Waals surface area contributed by atoms with E-state index in [1.165, 1.54) is 0 Å². The van der Waals surface area contributed by atoms with E-state index in [1.807, 2.05) is 24.3 Å². The minimum absolute atomic E-state index is 0.264. The number of hydrogen-bond donors (Lipinski definition) is 1. The molecule has 0 aliphatic carbocycles. The number of nitrogens with zero attached hydrogens (tertiary/aromatic N) is 4. The van der Waals surface area contributed by atoms with Gasteiger partial charge in [0.15, 0.2) is 5.69 Å². The molecule has 0 saturated heterocycles.